The molecule has 0 spiro atoms. The Kier molecular flexibility index (Phi) is 5.26. The molecule has 0 amide bonds. The predicted octanol–water partition coefficient (Wildman–Crippen LogP) is 4.50. The molecule has 2 nitrogen and oxygen atoms in total. The minimum atomic E-state index is -4.54. The van der Waals surface area contributed by atoms with Gasteiger partial charge in [0.05, 0.1) is 5.41 Å². The normalized spacial score (nSPS) is 17.4. The Bertz CT molecular complexity index is 360. The van der Waals surface area contributed by atoms with Crippen LogP contribution in [0, 0.1) is 10.8 Å². The quantitative estimate of drug-likeness (QED) is 0.562. The summed E-state index contributed by atoms with van der Waals surface area (Å²) in [5.74, 6) is -0.856. The fourth-order valence-electron chi connectivity index (χ4n) is 1.51. The molecule has 2 unspecified atom stereocenters. The van der Waals surface area contributed by atoms with E-state index in [0.717, 1.165) is 12.5 Å². The summed E-state index contributed by atoms with van der Waals surface area (Å²) in [6, 6.07) is 0. The highest BCUT2D eigenvalue weighted by Gasteiger charge is 2.47. The molecular formula is C14H23F3O2. The summed E-state index contributed by atoms with van der Waals surface area (Å²) in [6.45, 7) is 11.4. The first-order valence-corrected chi connectivity index (χ1v) is 6.15. The van der Waals surface area contributed by atoms with Crippen LogP contribution in [-0.4, -0.2) is 18.2 Å². The maximum Gasteiger partial charge on any atom is 0.425 e. The molecule has 2 atom stereocenters. The van der Waals surface area contributed by atoms with Crippen molar-refractivity contribution in [2.24, 2.45) is 10.8 Å². The molecule has 0 N–H and O–H groups in total. The van der Waals surface area contributed by atoms with E-state index in [1.807, 2.05) is 0 Å². The maximum atomic E-state index is 12.5. The van der Waals surface area contributed by atoms with Crippen LogP contribution < -0.4 is 0 Å². The van der Waals surface area contributed by atoms with Crippen LogP contribution in [0.15, 0.2) is 11.6 Å². The molecule has 0 aliphatic heterocycles. The highest BCUT2D eigenvalue weighted by Crippen LogP contribution is 2.42. The zero-order chi connectivity index (χ0) is 15.6. The van der Waals surface area contributed by atoms with Crippen molar-refractivity contribution in [3.8, 4) is 0 Å². The van der Waals surface area contributed by atoms with E-state index >= 15 is 0 Å². The van der Waals surface area contributed by atoms with Gasteiger partial charge in [0.2, 0.25) is 0 Å². The fourth-order valence-corrected chi connectivity index (χ4v) is 1.51. The van der Waals surface area contributed by atoms with E-state index in [-0.39, 0.29) is 0 Å². The van der Waals surface area contributed by atoms with Crippen LogP contribution in [0.4, 0.5) is 13.2 Å². The Morgan fingerprint density at radius 2 is 1.53 bits per heavy atom. The molecule has 112 valence electrons. The van der Waals surface area contributed by atoms with E-state index in [9.17, 15) is 18.0 Å². The summed E-state index contributed by atoms with van der Waals surface area (Å²) in [4.78, 5) is 12.1. The van der Waals surface area contributed by atoms with E-state index in [1.54, 1.807) is 47.6 Å². The van der Waals surface area contributed by atoms with Crippen LogP contribution in [0.2, 0.25) is 0 Å². The van der Waals surface area contributed by atoms with Crippen LogP contribution in [0.1, 0.15) is 48.5 Å². The van der Waals surface area contributed by atoms with Gasteiger partial charge in [0.1, 0.15) is 0 Å². The molecule has 0 bridgehead atoms. The van der Waals surface area contributed by atoms with Crippen LogP contribution in [0.25, 0.3) is 0 Å². The number of allylic oxidation sites excluding steroid dienone is 1. The van der Waals surface area contributed by atoms with Gasteiger partial charge in [-0.3, -0.25) is 4.79 Å². The molecule has 0 aromatic rings. The Labute approximate surface area is 113 Å². The van der Waals surface area contributed by atoms with E-state index < -0.39 is 29.1 Å². The number of esters is 1. The zero-order valence-corrected chi connectivity index (χ0v) is 12.6. The molecule has 0 saturated carbocycles. The average Bonchev–Trinajstić information content (AvgIpc) is 2.12. The van der Waals surface area contributed by atoms with Crippen molar-refractivity contribution in [3.05, 3.63) is 11.6 Å². The summed E-state index contributed by atoms with van der Waals surface area (Å²) < 4.78 is 42.0. The highest BCUT2D eigenvalue weighted by molar-refractivity contribution is 5.80. The minimum Gasteiger partial charge on any atom is -0.452 e. The van der Waals surface area contributed by atoms with Gasteiger partial charge < -0.3 is 4.74 Å². The number of hydrogen-bond acceptors (Lipinski definition) is 2. The van der Waals surface area contributed by atoms with Crippen molar-refractivity contribution >= 4 is 5.97 Å². The average molecular weight is 280 g/mol. The van der Waals surface area contributed by atoms with Crippen molar-refractivity contribution in [1.29, 1.82) is 0 Å². The lowest BCUT2D eigenvalue weighted by molar-refractivity contribution is -0.222. The lowest BCUT2D eigenvalue weighted by atomic mass is 9.67. The lowest BCUT2D eigenvalue weighted by Gasteiger charge is -2.38. The van der Waals surface area contributed by atoms with Crippen LogP contribution in [-0.2, 0) is 9.53 Å². The van der Waals surface area contributed by atoms with E-state index in [0.29, 0.717) is 0 Å². The first kappa shape index (κ1) is 18.0. The topological polar surface area (TPSA) is 26.3 Å². The first-order valence-electron chi connectivity index (χ1n) is 6.15. The van der Waals surface area contributed by atoms with Crippen LogP contribution >= 0.6 is 0 Å². The minimum absolute atomic E-state index is 0.549. The number of hydrogen-bond donors (Lipinski definition) is 0. The highest BCUT2D eigenvalue weighted by atomic mass is 19.4. The number of halogens is 3. The van der Waals surface area contributed by atoms with Gasteiger partial charge in [-0.15, -0.1) is 0 Å². The monoisotopic (exact) mass is 280 g/mol. The van der Waals surface area contributed by atoms with Gasteiger partial charge in [-0.05, 0) is 33.1 Å². The van der Waals surface area contributed by atoms with Gasteiger partial charge in [0, 0.05) is 0 Å². The summed E-state index contributed by atoms with van der Waals surface area (Å²) in [5.41, 5.74) is -0.799. The molecule has 0 heterocycles. The van der Waals surface area contributed by atoms with Crippen molar-refractivity contribution < 1.29 is 22.7 Å². The Balaban J connectivity index is 5.34. The molecule has 0 rings (SSSR count). The molecule has 0 saturated heterocycles. The summed E-state index contributed by atoms with van der Waals surface area (Å²) in [6.07, 6.45) is -4.98. The Morgan fingerprint density at radius 1 is 1.11 bits per heavy atom. The second kappa shape index (κ2) is 5.55. The predicted molar refractivity (Wildman–Crippen MR) is 68.6 cm³/mol. The summed E-state index contributed by atoms with van der Waals surface area (Å²) in [5, 5.41) is 0. The van der Waals surface area contributed by atoms with Gasteiger partial charge in [-0.25, -0.2) is 0 Å². The third-order valence-electron chi connectivity index (χ3n) is 3.30. The number of carbonyl (C=O) groups excluding carboxylic acids is 1. The maximum absolute atomic E-state index is 12.5. The molecule has 5 heteroatoms. The number of alkyl halides is 3. The summed E-state index contributed by atoms with van der Waals surface area (Å²) in [7, 11) is 0. The lowest BCUT2D eigenvalue weighted by Crippen LogP contribution is -2.43. The second-order valence-electron chi connectivity index (χ2n) is 6.26. The van der Waals surface area contributed by atoms with E-state index in [2.05, 4.69) is 4.74 Å². The Morgan fingerprint density at radius 3 is 1.79 bits per heavy atom. The standard InChI is InChI=1S/C14H23F3O2/c1-9(2)8-13(7,12(4,5)6)11(18)19-10(3)14(15,16)17/h8,10H,1-7H3. The van der Waals surface area contributed by atoms with Gasteiger partial charge >= 0.3 is 12.1 Å². The zero-order valence-electron chi connectivity index (χ0n) is 12.6. The second-order valence-corrected chi connectivity index (χ2v) is 6.26. The smallest absolute Gasteiger partial charge is 0.425 e. The number of rotatable bonds is 3. The largest absolute Gasteiger partial charge is 0.452 e. The van der Waals surface area contributed by atoms with Gasteiger partial charge in [0.25, 0.3) is 0 Å². The van der Waals surface area contributed by atoms with Crippen LogP contribution in [0.3, 0.4) is 0 Å². The van der Waals surface area contributed by atoms with Crippen molar-refractivity contribution in [2.45, 2.75) is 60.7 Å². The molecule has 0 fully saturated rings. The molecular weight excluding hydrogens is 257 g/mol. The Hall–Kier alpha value is -1.00. The van der Waals surface area contributed by atoms with Crippen molar-refractivity contribution in [2.75, 3.05) is 0 Å². The third kappa shape index (κ3) is 4.55. The van der Waals surface area contributed by atoms with Crippen molar-refractivity contribution in [3.63, 3.8) is 0 Å². The molecule has 0 radical (unpaired) electrons. The first-order chi connectivity index (χ1) is 8.22. The molecule has 0 aliphatic rings. The van der Waals surface area contributed by atoms with Crippen LogP contribution in [0.5, 0.6) is 0 Å². The fraction of sp³-hybridized carbons (Fsp3) is 0.786. The SMILES string of the molecule is CC(C)=CC(C)(C(=O)OC(C)C(F)(F)F)C(C)(C)C. The van der Waals surface area contributed by atoms with Gasteiger partial charge in [-0.1, -0.05) is 32.4 Å². The molecule has 0 aliphatic carbocycles. The molecule has 0 aromatic carbocycles. The number of ether oxygens (including phenoxy) is 1. The van der Waals surface area contributed by atoms with Crippen molar-refractivity contribution in [1.82, 2.24) is 0 Å². The summed E-state index contributed by atoms with van der Waals surface area (Å²) >= 11 is 0. The van der Waals surface area contributed by atoms with Gasteiger partial charge in [0.15, 0.2) is 6.10 Å². The molecule has 0 aromatic heterocycles. The third-order valence-corrected chi connectivity index (χ3v) is 3.30. The van der Waals surface area contributed by atoms with Gasteiger partial charge in [-0.2, -0.15) is 13.2 Å². The molecule has 19 heavy (non-hydrogen) atoms. The number of carbonyl (C=O) groups is 1. The van der Waals surface area contributed by atoms with E-state index in [1.165, 1.54) is 0 Å². The van der Waals surface area contributed by atoms with E-state index in [4.69, 9.17) is 0 Å².